The van der Waals surface area contributed by atoms with Gasteiger partial charge in [-0.05, 0) is 36.7 Å². The van der Waals surface area contributed by atoms with Gasteiger partial charge >= 0.3 is 0 Å². The van der Waals surface area contributed by atoms with Gasteiger partial charge in [-0.2, -0.15) is 0 Å². The molecule has 0 radical (unpaired) electrons. The molecule has 1 aliphatic heterocycles. The first kappa shape index (κ1) is 13.5. The third-order valence-electron chi connectivity index (χ3n) is 2.88. The molecule has 1 N–H and O–H groups in total. The molecule has 18 heavy (non-hydrogen) atoms. The molecule has 6 heteroatoms. The number of nitrogens with zero attached hydrogens (tertiary/aromatic N) is 3. The molecule has 1 aromatic heterocycles. The van der Waals surface area contributed by atoms with E-state index in [0.717, 1.165) is 29.2 Å². The summed E-state index contributed by atoms with van der Waals surface area (Å²) in [5.41, 5.74) is -0.165. The van der Waals surface area contributed by atoms with E-state index in [1.165, 1.54) is 0 Å². The van der Waals surface area contributed by atoms with Crippen LogP contribution in [0.25, 0.3) is 0 Å². The smallest absolute Gasteiger partial charge is 0.148 e. The number of ether oxygens (including phenoxy) is 1. The molecule has 2 rings (SSSR count). The van der Waals surface area contributed by atoms with Gasteiger partial charge < -0.3 is 15.0 Å². The minimum Gasteiger partial charge on any atom is -0.372 e. The van der Waals surface area contributed by atoms with E-state index in [2.05, 4.69) is 56.9 Å². The number of anilines is 2. The fourth-order valence-corrected chi connectivity index (χ4v) is 3.02. The molecular formula is C12H19BrN4O. The zero-order chi connectivity index (χ0) is 13.3. The highest BCUT2D eigenvalue weighted by Crippen LogP contribution is 2.32. The van der Waals surface area contributed by atoms with Crippen LogP contribution >= 0.6 is 15.9 Å². The number of hydrogen-bond donors (Lipinski definition) is 1. The molecule has 0 saturated carbocycles. The maximum Gasteiger partial charge on any atom is 0.148 e. The van der Waals surface area contributed by atoms with E-state index in [4.69, 9.17) is 4.74 Å². The molecule has 1 atom stereocenters. The van der Waals surface area contributed by atoms with Crippen LogP contribution in [-0.4, -0.2) is 41.8 Å². The summed E-state index contributed by atoms with van der Waals surface area (Å²) >= 11 is 3.56. The van der Waals surface area contributed by atoms with Crippen molar-refractivity contribution in [3.8, 4) is 0 Å². The minimum atomic E-state index is -0.165. The predicted molar refractivity (Wildman–Crippen MR) is 76.1 cm³/mol. The second-order valence-electron chi connectivity index (χ2n) is 5.18. The van der Waals surface area contributed by atoms with Gasteiger partial charge in [0.15, 0.2) is 0 Å². The Hall–Kier alpha value is -0.880. The van der Waals surface area contributed by atoms with Crippen molar-refractivity contribution >= 4 is 27.6 Å². The Bertz CT molecular complexity index is 438. The van der Waals surface area contributed by atoms with Crippen LogP contribution < -0.4 is 10.2 Å². The van der Waals surface area contributed by atoms with Crippen LogP contribution in [0.5, 0.6) is 0 Å². The highest BCUT2D eigenvalue weighted by molar-refractivity contribution is 9.10. The summed E-state index contributed by atoms with van der Waals surface area (Å²) in [6.45, 7) is 7.94. The van der Waals surface area contributed by atoms with Crippen LogP contribution in [-0.2, 0) is 4.74 Å². The van der Waals surface area contributed by atoms with Crippen molar-refractivity contribution < 1.29 is 4.74 Å². The lowest BCUT2D eigenvalue weighted by Crippen LogP contribution is -2.52. The molecule has 1 unspecified atom stereocenters. The molecule has 5 nitrogen and oxygen atoms in total. The van der Waals surface area contributed by atoms with Gasteiger partial charge in [0, 0.05) is 20.1 Å². The van der Waals surface area contributed by atoms with Crippen LogP contribution in [0.3, 0.4) is 0 Å². The van der Waals surface area contributed by atoms with Gasteiger partial charge in [0.05, 0.1) is 11.7 Å². The third-order valence-corrected chi connectivity index (χ3v) is 3.61. The Kier molecular flexibility index (Phi) is 3.77. The van der Waals surface area contributed by atoms with Gasteiger partial charge in [-0.15, -0.1) is 0 Å². The largest absolute Gasteiger partial charge is 0.372 e. The van der Waals surface area contributed by atoms with Gasteiger partial charge in [-0.25, -0.2) is 9.97 Å². The van der Waals surface area contributed by atoms with Gasteiger partial charge in [-0.1, -0.05) is 0 Å². The lowest BCUT2D eigenvalue weighted by Gasteiger charge is -2.42. The number of hydrogen-bond acceptors (Lipinski definition) is 5. The average molecular weight is 315 g/mol. The Morgan fingerprint density at radius 2 is 2.22 bits per heavy atom. The monoisotopic (exact) mass is 314 g/mol. The van der Waals surface area contributed by atoms with Crippen molar-refractivity contribution in [3.05, 3.63) is 10.8 Å². The standard InChI is InChI=1S/C12H19BrN4O/c1-8-5-17(6-12(2,3)18-8)11-9(13)10(14-4)15-7-16-11/h7-8H,5-6H2,1-4H3,(H,14,15,16). The van der Waals surface area contributed by atoms with Crippen molar-refractivity contribution in [2.24, 2.45) is 0 Å². The van der Waals surface area contributed by atoms with E-state index in [9.17, 15) is 0 Å². The Morgan fingerprint density at radius 1 is 1.50 bits per heavy atom. The van der Waals surface area contributed by atoms with Crippen molar-refractivity contribution in [1.29, 1.82) is 0 Å². The number of nitrogens with one attached hydrogen (secondary N) is 1. The summed E-state index contributed by atoms with van der Waals surface area (Å²) in [5, 5.41) is 3.05. The van der Waals surface area contributed by atoms with E-state index < -0.39 is 0 Å². The highest BCUT2D eigenvalue weighted by Gasteiger charge is 2.33. The zero-order valence-electron chi connectivity index (χ0n) is 11.2. The molecule has 0 aromatic carbocycles. The van der Waals surface area contributed by atoms with E-state index in [0.29, 0.717) is 0 Å². The summed E-state index contributed by atoms with van der Waals surface area (Å²) in [5.74, 6) is 1.72. The van der Waals surface area contributed by atoms with Crippen LogP contribution in [0.4, 0.5) is 11.6 Å². The lowest BCUT2D eigenvalue weighted by molar-refractivity contribution is -0.0752. The van der Waals surface area contributed by atoms with Gasteiger partial charge in [0.25, 0.3) is 0 Å². The summed E-state index contributed by atoms with van der Waals surface area (Å²) in [4.78, 5) is 10.8. The maximum absolute atomic E-state index is 5.91. The Balaban J connectivity index is 2.31. The summed E-state index contributed by atoms with van der Waals surface area (Å²) in [6.07, 6.45) is 1.77. The molecular weight excluding hydrogens is 296 g/mol. The molecule has 0 amide bonds. The van der Waals surface area contributed by atoms with Crippen LogP contribution in [0.1, 0.15) is 20.8 Å². The molecule has 1 aliphatic rings. The van der Waals surface area contributed by atoms with Crippen LogP contribution in [0.2, 0.25) is 0 Å². The van der Waals surface area contributed by atoms with Crippen molar-refractivity contribution in [1.82, 2.24) is 9.97 Å². The predicted octanol–water partition coefficient (Wildman–Crippen LogP) is 2.28. The average Bonchev–Trinajstić information content (AvgIpc) is 2.26. The van der Waals surface area contributed by atoms with Crippen molar-refractivity contribution in [2.75, 3.05) is 30.4 Å². The third kappa shape index (κ3) is 2.75. The SMILES string of the molecule is CNc1ncnc(N2CC(C)OC(C)(C)C2)c1Br. The molecule has 0 bridgehead atoms. The normalized spacial score (nSPS) is 22.9. The molecule has 1 fully saturated rings. The molecule has 0 spiro atoms. The fourth-order valence-electron chi connectivity index (χ4n) is 2.37. The van der Waals surface area contributed by atoms with Crippen LogP contribution in [0.15, 0.2) is 10.8 Å². The summed E-state index contributed by atoms with van der Waals surface area (Å²) < 4.78 is 6.81. The van der Waals surface area contributed by atoms with Crippen LogP contribution in [0, 0.1) is 0 Å². The van der Waals surface area contributed by atoms with E-state index in [1.54, 1.807) is 6.33 Å². The highest BCUT2D eigenvalue weighted by atomic mass is 79.9. The molecule has 0 aliphatic carbocycles. The Labute approximate surface area is 116 Å². The maximum atomic E-state index is 5.91. The van der Waals surface area contributed by atoms with Gasteiger partial charge in [0.1, 0.15) is 22.4 Å². The number of rotatable bonds is 2. The molecule has 100 valence electrons. The molecule has 2 heterocycles. The van der Waals surface area contributed by atoms with E-state index in [-0.39, 0.29) is 11.7 Å². The lowest BCUT2D eigenvalue weighted by atomic mass is 10.1. The van der Waals surface area contributed by atoms with Gasteiger partial charge in [0.2, 0.25) is 0 Å². The molecule has 1 aromatic rings. The number of morpholine rings is 1. The summed E-state index contributed by atoms with van der Waals surface area (Å²) in [6, 6.07) is 0. The van der Waals surface area contributed by atoms with E-state index >= 15 is 0 Å². The summed E-state index contributed by atoms with van der Waals surface area (Å²) in [7, 11) is 1.85. The van der Waals surface area contributed by atoms with Crippen molar-refractivity contribution in [2.45, 2.75) is 32.5 Å². The minimum absolute atomic E-state index is 0.165. The topological polar surface area (TPSA) is 50.3 Å². The first-order chi connectivity index (χ1) is 8.43. The van der Waals surface area contributed by atoms with Gasteiger partial charge in [-0.3, -0.25) is 0 Å². The number of aromatic nitrogens is 2. The quantitative estimate of drug-likeness (QED) is 0.907. The first-order valence-corrected chi connectivity index (χ1v) is 6.83. The van der Waals surface area contributed by atoms with E-state index in [1.807, 2.05) is 7.05 Å². The second-order valence-corrected chi connectivity index (χ2v) is 5.97. The number of halogens is 1. The zero-order valence-corrected chi connectivity index (χ0v) is 12.8. The van der Waals surface area contributed by atoms with Crippen molar-refractivity contribution in [3.63, 3.8) is 0 Å². The Morgan fingerprint density at radius 3 is 2.83 bits per heavy atom. The first-order valence-electron chi connectivity index (χ1n) is 6.04. The molecule has 1 saturated heterocycles. The fraction of sp³-hybridized carbons (Fsp3) is 0.667. The second kappa shape index (κ2) is 5.01.